The molecule has 0 aliphatic rings. The summed E-state index contributed by atoms with van der Waals surface area (Å²) in [6, 6.07) is 15.5. The van der Waals surface area contributed by atoms with Gasteiger partial charge in [-0.25, -0.2) is 10.2 Å². The highest BCUT2D eigenvalue weighted by atomic mass is 79.9. The second-order valence-corrected chi connectivity index (χ2v) is 10.8. The molecule has 170 valence electrons. The van der Waals surface area contributed by atoms with E-state index in [0.29, 0.717) is 31.6 Å². The summed E-state index contributed by atoms with van der Waals surface area (Å²) in [7, 11) is 0. The largest absolute Gasteiger partial charge is 0.481 e. The third-order valence-corrected chi connectivity index (χ3v) is 6.62. The first-order chi connectivity index (χ1) is 15.7. The highest BCUT2D eigenvalue weighted by Gasteiger charge is 2.13. The smallest absolute Gasteiger partial charge is 0.343 e. The molecule has 0 aliphatic heterocycles. The molecule has 11 heteroatoms. The number of rotatable bonds is 7. The number of amides is 1. The van der Waals surface area contributed by atoms with E-state index in [1.807, 2.05) is 0 Å². The molecule has 0 unspecified atom stereocenters. The molecule has 1 N–H and O–H groups in total. The highest BCUT2D eigenvalue weighted by molar-refractivity contribution is 9.11. The van der Waals surface area contributed by atoms with Crippen molar-refractivity contribution in [2.75, 3.05) is 6.61 Å². The molecule has 0 saturated heterocycles. The van der Waals surface area contributed by atoms with Crippen LogP contribution in [0.3, 0.4) is 0 Å². The van der Waals surface area contributed by atoms with Crippen LogP contribution >= 0.6 is 79.6 Å². The van der Waals surface area contributed by atoms with Gasteiger partial charge in [-0.1, -0.05) is 47.8 Å². The Morgan fingerprint density at radius 2 is 1.48 bits per heavy atom. The van der Waals surface area contributed by atoms with Gasteiger partial charge < -0.3 is 9.47 Å². The third-order valence-electron chi connectivity index (χ3n) is 3.96. The first kappa shape index (κ1) is 26.1. The standard InChI is InChI=1S/C22H13Br5N2O4/c23-14-3-1-12(2-4-14)22(31)33-19-6-5-15(24)7-13(19)10-28-29-20(30)11-32-21-17(26)8-16(25)9-18(21)27/h1-10H,11H2,(H,29,30). The van der Waals surface area contributed by atoms with E-state index in [1.165, 1.54) is 6.21 Å². The summed E-state index contributed by atoms with van der Waals surface area (Å²) in [6.45, 7) is -0.250. The Kier molecular flexibility index (Phi) is 9.69. The van der Waals surface area contributed by atoms with E-state index in [1.54, 1.807) is 54.6 Å². The number of nitrogens with one attached hydrogen (secondary N) is 1. The van der Waals surface area contributed by atoms with Gasteiger partial charge in [-0.3, -0.25) is 4.79 Å². The molecular weight excluding hydrogens is 756 g/mol. The molecular formula is C22H13Br5N2O4. The molecule has 1 amide bonds. The van der Waals surface area contributed by atoms with Crippen LogP contribution in [0, 0.1) is 0 Å². The number of halogens is 5. The van der Waals surface area contributed by atoms with Crippen LogP contribution in [-0.2, 0) is 4.79 Å². The van der Waals surface area contributed by atoms with E-state index in [9.17, 15) is 9.59 Å². The summed E-state index contributed by atoms with van der Waals surface area (Å²) in [5, 5.41) is 3.95. The van der Waals surface area contributed by atoms with E-state index in [2.05, 4.69) is 90.2 Å². The van der Waals surface area contributed by atoms with Crippen LogP contribution < -0.4 is 14.9 Å². The van der Waals surface area contributed by atoms with Crippen LogP contribution in [0.25, 0.3) is 0 Å². The van der Waals surface area contributed by atoms with Crippen molar-refractivity contribution in [3.63, 3.8) is 0 Å². The van der Waals surface area contributed by atoms with E-state index in [-0.39, 0.29) is 6.61 Å². The van der Waals surface area contributed by atoms with Gasteiger partial charge in [0.15, 0.2) is 6.61 Å². The SMILES string of the molecule is O=C(COc1c(Br)cc(Br)cc1Br)NN=Cc1cc(Br)ccc1OC(=O)c1ccc(Br)cc1. The van der Waals surface area contributed by atoms with Crippen molar-refractivity contribution in [3.05, 3.63) is 88.1 Å². The van der Waals surface area contributed by atoms with Crippen molar-refractivity contribution in [2.24, 2.45) is 5.10 Å². The fraction of sp³-hybridized carbons (Fsp3) is 0.0455. The summed E-state index contributed by atoms with van der Waals surface area (Å²) < 4.78 is 14.9. The lowest BCUT2D eigenvalue weighted by Crippen LogP contribution is -2.24. The number of benzene rings is 3. The normalized spacial score (nSPS) is 10.8. The van der Waals surface area contributed by atoms with Gasteiger partial charge >= 0.3 is 5.97 Å². The molecule has 0 heterocycles. The van der Waals surface area contributed by atoms with Crippen molar-refractivity contribution in [1.82, 2.24) is 5.43 Å². The lowest BCUT2D eigenvalue weighted by molar-refractivity contribution is -0.123. The molecule has 3 rings (SSSR count). The Labute approximate surface area is 231 Å². The van der Waals surface area contributed by atoms with Gasteiger partial charge in [0.1, 0.15) is 11.5 Å². The van der Waals surface area contributed by atoms with E-state index < -0.39 is 11.9 Å². The lowest BCUT2D eigenvalue weighted by atomic mass is 10.2. The molecule has 3 aromatic carbocycles. The molecule has 0 spiro atoms. The van der Waals surface area contributed by atoms with Gasteiger partial charge in [0.05, 0.1) is 20.7 Å². The number of carbonyl (C=O) groups is 2. The van der Waals surface area contributed by atoms with Crippen LogP contribution in [0.5, 0.6) is 11.5 Å². The second kappa shape index (κ2) is 12.3. The molecule has 0 bridgehead atoms. The second-order valence-electron chi connectivity index (χ2n) is 6.36. The zero-order chi connectivity index (χ0) is 24.0. The third kappa shape index (κ3) is 7.74. The summed E-state index contributed by atoms with van der Waals surface area (Å²) in [6.07, 6.45) is 1.39. The monoisotopic (exact) mass is 764 g/mol. The number of hydrazone groups is 1. The molecule has 3 aromatic rings. The van der Waals surface area contributed by atoms with Crippen LogP contribution in [0.4, 0.5) is 0 Å². The highest BCUT2D eigenvalue weighted by Crippen LogP contribution is 2.36. The van der Waals surface area contributed by atoms with Crippen LogP contribution in [0.2, 0.25) is 0 Å². The van der Waals surface area contributed by atoms with Crippen molar-refractivity contribution in [2.45, 2.75) is 0 Å². The van der Waals surface area contributed by atoms with Gasteiger partial charge in [0.2, 0.25) is 0 Å². The van der Waals surface area contributed by atoms with E-state index >= 15 is 0 Å². The molecule has 33 heavy (non-hydrogen) atoms. The molecule has 0 aliphatic carbocycles. The summed E-state index contributed by atoms with van der Waals surface area (Å²) in [5.41, 5.74) is 3.29. The Morgan fingerprint density at radius 3 is 2.15 bits per heavy atom. The summed E-state index contributed by atoms with van der Waals surface area (Å²) >= 11 is 16.9. The minimum absolute atomic E-state index is 0.250. The fourth-order valence-corrected chi connectivity index (χ4v) is 5.60. The topological polar surface area (TPSA) is 77.0 Å². The number of ether oxygens (including phenoxy) is 2. The maximum atomic E-state index is 12.4. The molecule has 0 atom stereocenters. The minimum Gasteiger partial charge on any atom is -0.481 e. The first-order valence-corrected chi connectivity index (χ1v) is 13.1. The Balaban J connectivity index is 1.63. The molecule has 0 fully saturated rings. The van der Waals surface area contributed by atoms with Gasteiger partial charge in [-0.2, -0.15) is 5.10 Å². The van der Waals surface area contributed by atoms with E-state index in [0.717, 1.165) is 13.4 Å². The number of esters is 1. The van der Waals surface area contributed by atoms with Gasteiger partial charge in [0, 0.05) is 19.0 Å². The van der Waals surface area contributed by atoms with Gasteiger partial charge in [-0.15, -0.1) is 0 Å². The average Bonchev–Trinajstić information content (AvgIpc) is 2.75. The summed E-state index contributed by atoms with van der Waals surface area (Å²) in [5.74, 6) is -0.187. The maximum absolute atomic E-state index is 12.4. The van der Waals surface area contributed by atoms with Gasteiger partial charge in [-0.05, 0) is 86.5 Å². The van der Waals surface area contributed by atoms with Crippen LogP contribution in [0.15, 0.2) is 82.1 Å². The predicted octanol–water partition coefficient (Wildman–Crippen LogP) is 7.25. The fourth-order valence-electron chi connectivity index (χ4n) is 2.47. The number of carbonyl (C=O) groups excluding carboxylic acids is 2. The molecule has 0 radical (unpaired) electrons. The van der Waals surface area contributed by atoms with Gasteiger partial charge in [0.25, 0.3) is 5.91 Å². The summed E-state index contributed by atoms with van der Waals surface area (Å²) in [4.78, 5) is 24.6. The quantitative estimate of drug-likeness (QED) is 0.119. The zero-order valence-corrected chi connectivity index (χ0v) is 24.4. The number of nitrogens with zero attached hydrogens (tertiary/aromatic N) is 1. The molecule has 0 saturated carbocycles. The lowest BCUT2D eigenvalue weighted by Gasteiger charge is -2.10. The first-order valence-electron chi connectivity index (χ1n) is 9.09. The minimum atomic E-state index is -0.512. The van der Waals surface area contributed by atoms with Crippen molar-refractivity contribution < 1.29 is 19.1 Å². The average molecular weight is 769 g/mol. The van der Waals surface area contributed by atoms with E-state index in [4.69, 9.17) is 9.47 Å². The number of hydrogen-bond donors (Lipinski definition) is 1. The molecule has 6 nitrogen and oxygen atoms in total. The maximum Gasteiger partial charge on any atom is 0.343 e. The van der Waals surface area contributed by atoms with Crippen molar-refractivity contribution in [1.29, 1.82) is 0 Å². The Morgan fingerprint density at radius 1 is 0.848 bits per heavy atom. The van der Waals surface area contributed by atoms with Crippen LogP contribution in [-0.4, -0.2) is 24.7 Å². The van der Waals surface area contributed by atoms with Crippen molar-refractivity contribution >= 4 is 97.7 Å². The van der Waals surface area contributed by atoms with Crippen LogP contribution in [0.1, 0.15) is 15.9 Å². The zero-order valence-electron chi connectivity index (χ0n) is 16.5. The number of hydrogen-bond acceptors (Lipinski definition) is 5. The molecule has 0 aromatic heterocycles. The Bertz CT molecular complexity index is 1190. The Hall–Kier alpha value is -1.53. The predicted molar refractivity (Wildman–Crippen MR) is 144 cm³/mol. The van der Waals surface area contributed by atoms with Crippen molar-refractivity contribution in [3.8, 4) is 11.5 Å².